The number of nitriles is 1. The smallest absolute Gasteiger partial charge is 0.236 e. The summed E-state index contributed by atoms with van der Waals surface area (Å²) in [5, 5.41) is 12.0. The molecule has 0 radical (unpaired) electrons. The molecule has 2 saturated heterocycles. The fourth-order valence-corrected chi connectivity index (χ4v) is 3.38. The molecule has 2 rings (SSSR count). The monoisotopic (exact) mass is 221 g/mol. The molecule has 2 heterocycles. The Morgan fingerprint density at radius 2 is 1.94 bits per heavy atom. The molecule has 0 aromatic heterocycles. The van der Waals surface area contributed by atoms with Crippen LogP contribution in [0.5, 0.6) is 0 Å². The summed E-state index contributed by atoms with van der Waals surface area (Å²) < 4.78 is 0. The van der Waals surface area contributed by atoms with Gasteiger partial charge in [-0.1, -0.05) is 13.8 Å². The first-order valence-electron chi connectivity index (χ1n) is 5.82. The number of hydrogen-bond acceptors (Lipinski definition) is 3. The maximum Gasteiger partial charge on any atom is 0.236 e. The third-order valence-corrected chi connectivity index (χ3v) is 3.69. The number of amides is 1. The Kier molecular flexibility index (Phi) is 2.67. The summed E-state index contributed by atoms with van der Waals surface area (Å²) >= 11 is 0. The van der Waals surface area contributed by atoms with Crippen molar-refractivity contribution < 1.29 is 4.79 Å². The molecule has 2 aliphatic heterocycles. The van der Waals surface area contributed by atoms with Gasteiger partial charge in [-0.3, -0.25) is 4.79 Å². The Labute approximate surface area is 96.6 Å². The quantitative estimate of drug-likeness (QED) is 0.711. The zero-order valence-electron chi connectivity index (χ0n) is 10.0. The van der Waals surface area contributed by atoms with Crippen LogP contribution in [0.3, 0.4) is 0 Å². The van der Waals surface area contributed by atoms with E-state index in [0.29, 0.717) is 0 Å². The Balaban J connectivity index is 2.14. The minimum absolute atomic E-state index is 0.0125. The summed E-state index contributed by atoms with van der Waals surface area (Å²) in [6, 6.07) is 1.95. The molecule has 4 nitrogen and oxygen atoms in total. The van der Waals surface area contributed by atoms with E-state index < -0.39 is 0 Å². The van der Waals surface area contributed by atoms with Crippen LogP contribution in [0.2, 0.25) is 0 Å². The molecule has 2 fully saturated rings. The largest absolute Gasteiger partial charge is 0.341 e. The van der Waals surface area contributed by atoms with Crippen molar-refractivity contribution in [2.75, 3.05) is 26.2 Å². The highest BCUT2D eigenvalue weighted by molar-refractivity contribution is 5.78. The zero-order valence-corrected chi connectivity index (χ0v) is 10.0. The molecule has 0 aliphatic carbocycles. The molecule has 0 aromatic carbocycles. The molecule has 1 amide bonds. The van der Waals surface area contributed by atoms with Crippen LogP contribution in [-0.4, -0.2) is 37.0 Å². The van der Waals surface area contributed by atoms with Gasteiger partial charge < -0.3 is 10.2 Å². The Bertz CT molecular complexity index is 331. The summed E-state index contributed by atoms with van der Waals surface area (Å²) in [4.78, 5) is 13.7. The number of piperidine rings is 2. The molecule has 0 saturated carbocycles. The van der Waals surface area contributed by atoms with Gasteiger partial charge in [-0.15, -0.1) is 0 Å². The predicted octanol–water partition coefficient (Wildman–Crippen LogP) is 0.748. The normalized spacial score (nSPS) is 37.9. The lowest BCUT2D eigenvalue weighted by Crippen LogP contribution is -2.62. The molecular weight excluding hydrogens is 202 g/mol. The lowest BCUT2D eigenvalue weighted by atomic mass is 9.66. The maximum absolute atomic E-state index is 11.8. The second kappa shape index (κ2) is 3.74. The number of fused-ring (bicyclic) bond motifs is 2. The molecule has 2 atom stereocenters. The Morgan fingerprint density at radius 3 is 2.44 bits per heavy atom. The SMILES string of the molecule is CC12CNCC(C)(CN(C(=O)CC#N)C1)C2. The molecule has 88 valence electrons. The van der Waals surface area contributed by atoms with Gasteiger partial charge in [0.25, 0.3) is 0 Å². The third-order valence-electron chi connectivity index (χ3n) is 3.69. The van der Waals surface area contributed by atoms with Crippen LogP contribution in [0.4, 0.5) is 0 Å². The topological polar surface area (TPSA) is 56.1 Å². The lowest BCUT2D eigenvalue weighted by molar-refractivity contribution is -0.139. The van der Waals surface area contributed by atoms with Gasteiger partial charge in [0.15, 0.2) is 0 Å². The molecule has 2 unspecified atom stereocenters. The highest BCUT2D eigenvalue weighted by Crippen LogP contribution is 2.42. The average molecular weight is 221 g/mol. The molecule has 0 spiro atoms. The standard InChI is InChI=1S/C12H19N3O/c1-11-5-12(2,7-14-6-11)9-15(8-11)10(16)3-4-13/h14H,3,5-9H2,1-2H3. The minimum atomic E-state index is -0.0125. The number of nitrogens with one attached hydrogen (secondary N) is 1. The van der Waals surface area contributed by atoms with Crippen molar-refractivity contribution in [3.63, 3.8) is 0 Å². The van der Waals surface area contributed by atoms with Crippen LogP contribution >= 0.6 is 0 Å². The molecule has 0 aromatic rings. The van der Waals surface area contributed by atoms with E-state index in [9.17, 15) is 4.79 Å². The van der Waals surface area contributed by atoms with Gasteiger partial charge in [0, 0.05) is 26.2 Å². The van der Waals surface area contributed by atoms with E-state index >= 15 is 0 Å². The van der Waals surface area contributed by atoms with E-state index in [-0.39, 0.29) is 23.2 Å². The van der Waals surface area contributed by atoms with Crippen LogP contribution in [0.25, 0.3) is 0 Å². The number of nitrogens with zero attached hydrogens (tertiary/aromatic N) is 2. The Hall–Kier alpha value is -1.08. The molecule has 2 bridgehead atoms. The average Bonchev–Trinajstić information content (AvgIpc) is 2.14. The van der Waals surface area contributed by atoms with Crippen molar-refractivity contribution in [1.82, 2.24) is 10.2 Å². The highest BCUT2D eigenvalue weighted by atomic mass is 16.2. The van der Waals surface area contributed by atoms with Crippen LogP contribution in [0, 0.1) is 22.2 Å². The number of likely N-dealkylation sites (tertiary alicyclic amines) is 1. The van der Waals surface area contributed by atoms with Crippen LogP contribution in [-0.2, 0) is 4.79 Å². The molecule has 2 aliphatic rings. The van der Waals surface area contributed by atoms with Gasteiger partial charge in [-0.05, 0) is 17.3 Å². The maximum atomic E-state index is 11.8. The predicted molar refractivity (Wildman–Crippen MR) is 60.5 cm³/mol. The van der Waals surface area contributed by atoms with E-state index in [2.05, 4.69) is 19.2 Å². The first-order valence-corrected chi connectivity index (χ1v) is 5.82. The Morgan fingerprint density at radius 1 is 1.38 bits per heavy atom. The number of rotatable bonds is 1. The van der Waals surface area contributed by atoms with Gasteiger partial charge >= 0.3 is 0 Å². The minimum Gasteiger partial charge on any atom is -0.341 e. The molecule has 1 N–H and O–H groups in total. The fraction of sp³-hybridized carbons (Fsp3) is 0.833. The molecule has 4 heteroatoms. The lowest BCUT2D eigenvalue weighted by Gasteiger charge is -2.53. The van der Waals surface area contributed by atoms with Crippen molar-refractivity contribution in [2.45, 2.75) is 26.7 Å². The van der Waals surface area contributed by atoms with Gasteiger partial charge in [0.2, 0.25) is 5.91 Å². The first-order chi connectivity index (χ1) is 7.46. The first kappa shape index (κ1) is 11.4. The number of hydrogen-bond donors (Lipinski definition) is 1. The number of carbonyl (C=O) groups excluding carboxylic acids is 1. The van der Waals surface area contributed by atoms with Crippen LogP contribution < -0.4 is 5.32 Å². The van der Waals surface area contributed by atoms with Gasteiger partial charge in [0.05, 0.1) is 6.07 Å². The summed E-state index contributed by atoms with van der Waals surface area (Å²) in [5.74, 6) is -0.0125. The van der Waals surface area contributed by atoms with Crippen molar-refractivity contribution in [1.29, 1.82) is 5.26 Å². The van der Waals surface area contributed by atoms with E-state index in [1.165, 1.54) is 6.42 Å². The zero-order chi connectivity index (χ0) is 11.8. The molecule has 16 heavy (non-hydrogen) atoms. The van der Waals surface area contributed by atoms with Gasteiger partial charge in [-0.2, -0.15) is 5.26 Å². The highest BCUT2D eigenvalue weighted by Gasteiger charge is 2.46. The summed E-state index contributed by atoms with van der Waals surface area (Å²) in [5.41, 5.74) is 0.354. The van der Waals surface area contributed by atoms with Gasteiger partial charge in [-0.25, -0.2) is 0 Å². The van der Waals surface area contributed by atoms with Crippen molar-refractivity contribution in [2.24, 2.45) is 10.8 Å². The summed E-state index contributed by atoms with van der Waals surface area (Å²) in [6.07, 6.45) is 1.18. The third kappa shape index (κ3) is 2.05. The fourth-order valence-electron chi connectivity index (χ4n) is 3.38. The summed E-state index contributed by atoms with van der Waals surface area (Å²) in [6.45, 7) is 7.97. The van der Waals surface area contributed by atoms with E-state index in [1.807, 2.05) is 11.0 Å². The van der Waals surface area contributed by atoms with E-state index in [0.717, 1.165) is 26.2 Å². The van der Waals surface area contributed by atoms with E-state index in [4.69, 9.17) is 5.26 Å². The van der Waals surface area contributed by atoms with Crippen LogP contribution in [0.1, 0.15) is 26.7 Å². The second-order valence-electron chi connectivity index (χ2n) is 5.99. The molecular formula is C12H19N3O. The van der Waals surface area contributed by atoms with Crippen LogP contribution in [0.15, 0.2) is 0 Å². The number of carbonyl (C=O) groups is 1. The van der Waals surface area contributed by atoms with Crippen molar-refractivity contribution in [3.05, 3.63) is 0 Å². The van der Waals surface area contributed by atoms with E-state index in [1.54, 1.807) is 0 Å². The summed E-state index contributed by atoms with van der Waals surface area (Å²) in [7, 11) is 0. The van der Waals surface area contributed by atoms with Crippen molar-refractivity contribution >= 4 is 5.91 Å². The van der Waals surface area contributed by atoms with Gasteiger partial charge in [0.1, 0.15) is 6.42 Å². The second-order valence-corrected chi connectivity index (χ2v) is 5.99. The van der Waals surface area contributed by atoms with Crippen molar-refractivity contribution in [3.8, 4) is 6.07 Å².